The molecule has 0 bridgehead atoms. The number of nitrogens with one attached hydrogen (secondary N) is 1. The topological polar surface area (TPSA) is 64.3 Å². The number of carbonyl (C=O) groups excluding carboxylic acids is 1. The minimum absolute atomic E-state index is 0. The zero-order valence-corrected chi connectivity index (χ0v) is 15.1. The maximum atomic E-state index is 12.4. The van der Waals surface area contributed by atoms with Crippen LogP contribution in [-0.4, -0.2) is 12.5 Å². The molecule has 0 saturated heterocycles. The van der Waals surface area contributed by atoms with Gasteiger partial charge in [-0.2, -0.15) is 0 Å². The fraction of sp³-hybridized carbons (Fsp3) is 0.316. The normalized spacial score (nSPS) is 12.7. The van der Waals surface area contributed by atoms with Crippen molar-refractivity contribution >= 4 is 18.3 Å². The number of aryl methyl sites for hydroxylation is 1. The fourth-order valence-corrected chi connectivity index (χ4v) is 2.35. The lowest BCUT2D eigenvalue weighted by molar-refractivity contribution is -0.123. The first-order valence-corrected chi connectivity index (χ1v) is 7.86. The van der Waals surface area contributed by atoms with Gasteiger partial charge in [-0.15, -0.1) is 12.4 Å². The highest BCUT2D eigenvalue weighted by molar-refractivity contribution is 5.85. The Morgan fingerprint density at radius 3 is 2.46 bits per heavy atom. The van der Waals surface area contributed by atoms with Crippen LogP contribution in [0, 0.1) is 6.92 Å². The number of ether oxygens (including phenoxy) is 1. The number of carbonyl (C=O) groups is 1. The summed E-state index contributed by atoms with van der Waals surface area (Å²) >= 11 is 0. The molecule has 130 valence electrons. The van der Waals surface area contributed by atoms with Gasteiger partial charge in [-0.05, 0) is 44.0 Å². The lowest BCUT2D eigenvalue weighted by Gasteiger charge is -2.19. The largest absolute Gasteiger partial charge is 0.494 e. The number of hydrogen-bond donors (Lipinski definition) is 2. The van der Waals surface area contributed by atoms with Crippen LogP contribution in [0.15, 0.2) is 48.5 Å². The Kier molecular flexibility index (Phi) is 7.75. The third-order valence-corrected chi connectivity index (χ3v) is 3.75. The van der Waals surface area contributed by atoms with Crippen LogP contribution in [0.2, 0.25) is 0 Å². The van der Waals surface area contributed by atoms with Gasteiger partial charge in [0.15, 0.2) is 0 Å². The second-order valence-electron chi connectivity index (χ2n) is 5.62. The SMILES string of the molecule is CCOc1cccc(C(C)NC(=O)C(N)c2ccc(C)cc2)c1.Cl. The van der Waals surface area contributed by atoms with E-state index in [0.717, 1.165) is 22.4 Å². The first-order valence-electron chi connectivity index (χ1n) is 7.86. The molecule has 2 unspecified atom stereocenters. The number of nitrogens with two attached hydrogens (primary N) is 1. The Morgan fingerprint density at radius 2 is 1.83 bits per heavy atom. The lowest BCUT2D eigenvalue weighted by atomic mass is 10.0. The Labute approximate surface area is 149 Å². The van der Waals surface area contributed by atoms with Crippen molar-refractivity contribution in [3.8, 4) is 5.75 Å². The molecule has 1 amide bonds. The van der Waals surface area contributed by atoms with Gasteiger partial charge in [-0.3, -0.25) is 4.79 Å². The summed E-state index contributed by atoms with van der Waals surface area (Å²) in [7, 11) is 0. The number of amides is 1. The maximum Gasteiger partial charge on any atom is 0.241 e. The van der Waals surface area contributed by atoms with Crippen LogP contribution in [-0.2, 0) is 4.79 Å². The highest BCUT2D eigenvalue weighted by atomic mass is 35.5. The summed E-state index contributed by atoms with van der Waals surface area (Å²) in [6.45, 7) is 6.49. The van der Waals surface area contributed by atoms with Gasteiger partial charge in [-0.25, -0.2) is 0 Å². The van der Waals surface area contributed by atoms with E-state index in [1.807, 2.05) is 69.3 Å². The molecule has 0 spiro atoms. The Morgan fingerprint density at radius 1 is 1.17 bits per heavy atom. The molecule has 0 aliphatic carbocycles. The molecule has 5 heteroatoms. The number of hydrogen-bond acceptors (Lipinski definition) is 3. The van der Waals surface area contributed by atoms with Gasteiger partial charge in [0.2, 0.25) is 5.91 Å². The minimum atomic E-state index is -0.673. The van der Waals surface area contributed by atoms with E-state index in [1.165, 1.54) is 0 Å². The van der Waals surface area contributed by atoms with Gasteiger partial charge in [0.25, 0.3) is 0 Å². The molecule has 2 aromatic rings. The molecular formula is C19H25ClN2O2. The van der Waals surface area contributed by atoms with E-state index in [2.05, 4.69) is 5.32 Å². The van der Waals surface area contributed by atoms with Gasteiger partial charge >= 0.3 is 0 Å². The lowest BCUT2D eigenvalue weighted by Crippen LogP contribution is -2.35. The molecule has 4 nitrogen and oxygen atoms in total. The van der Waals surface area contributed by atoms with Crippen LogP contribution in [0.3, 0.4) is 0 Å². The molecule has 0 aliphatic rings. The minimum Gasteiger partial charge on any atom is -0.494 e. The fourth-order valence-electron chi connectivity index (χ4n) is 2.35. The number of benzene rings is 2. The molecule has 2 rings (SSSR count). The molecular weight excluding hydrogens is 324 g/mol. The molecule has 0 heterocycles. The number of halogens is 1. The summed E-state index contributed by atoms with van der Waals surface area (Å²) in [6.07, 6.45) is 0. The summed E-state index contributed by atoms with van der Waals surface area (Å²) < 4.78 is 5.49. The van der Waals surface area contributed by atoms with Crippen LogP contribution in [0.25, 0.3) is 0 Å². The predicted octanol–water partition coefficient (Wildman–Crippen LogP) is 3.69. The van der Waals surface area contributed by atoms with E-state index in [4.69, 9.17) is 10.5 Å². The second-order valence-corrected chi connectivity index (χ2v) is 5.62. The van der Waals surface area contributed by atoms with Crippen molar-refractivity contribution in [2.24, 2.45) is 5.73 Å². The van der Waals surface area contributed by atoms with Crippen molar-refractivity contribution in [3.05, 3.63) is 65.2 Å². The van der Waals surface area contributed by atoms with E-state index in [0.29, 0.717) is 6.61 Å². The molecule has 24 heavy (non-hydrogen) atoms. The second kappa shape index (κ2) is 9.30. The van der Waals surface area contributed by atoms with Crippen molar-refractivity contribution in [2.45, 2.75) is 32.9 Å². The zero-order chi connectivity index (χ0) is 16.8. The summed E-state index contributed by atoms with van der Waals surface area (Å²) in [4.78, 5) is 12.4. The average molecular weight is 349 g/mol. The first-order chi connectivity index (χ1) is 11.0. The van der Waals surface area contributed by atoms with Crippen molar-refractivity contribution in [3.63, 3.8) is 0 Å². The summed E-state index contributed by atoms with van der Waals surface area (Å²) in [5.74, 6) is 0.608. The molecule has 0 radical (unpaired) electrons. The van der Waals surface area contributed by atoms with Gasteiger partial charge in [0.1, 0.15) is 11.8 Å². The van der Waals surface area contributed by atoms with Crippen molar-refractivity contribution in [2.75, 3.05) is 6.61 Å². The van der Waals surface area contributed by atoms with Crippen LogP contribution in [0.1, 0.15) is 42.6 Å². The zero-order valence-electron chi connectivity index (χ0n) is 14.3. The Balaban J connectivity index is 0.00000288. The molecule has 2 aromatic carbocycles. The highest BCUT2D eigenvalue weighted by Gasteiger charge is 2.18. The molecule has 0 aliphatic heterocycles. The monoisotopic (exact) mass is 348 g/mol. The summed E-state index contributed by atoms with van der Waals surface area (Å²) in [5.41, 5.74) is 8.99. The standard InChI is InChI=1S/C19H24N2O2.ClH/c1-4-23-17-7-5-6-16(12-17)14(3)21-19(22)18(20)15-10-8-13(2)9-11-15;/h5-12,14,18H,4,20H2,1-3H3,(H,21,22);1H. The van der Waals surface area contributed by atoms with Crippen LogP contribution in [0.5, 0.6) is 5.75 Å². The van der Waals surface area contributed by atoms with Crippen molar-refractivity contribution < 1.29 is 9.53 Å². The summed E-state index contributed by atoms with van der Waals surface area (Å²) in [5, 5.41) is 2.96. The van der Waals surface area contributed by atoms with E-state index in [9.17, 15) is 4.79 Å². The Bertz CT molecular complexity index is 659. The van der Waals surface area contributed by atoms with Crippen molar-refractivity contribution in [1.29, 1.82) is 0 Å². The molecule has 3 N–H and O–H groups in total. The first kappa shape index (κ1) is 20.0. The number of rotatable bonds is 6. The van der Waals surface area contributed by atoms with Gasteiger partial charge in [-0.1, -0.05) is 42.0 Å². The molecule has 0 aromatic heterocycles. The van der Waals surface area contributed by atoms with E-state index < -0.39 is 6.04 Å². The molecule has 0 fully saturated rings. The maximum absolute atomic E-state index is 12.4. The smallest absolute Gasteiger partial charge is 0.241 e. The van der Waals surface area contributed by atoms with Gasteiger partial charge in [0.05, 0.1) is 12.6 Å². The van der Waals surface area contributed by atoms with Crippen molar-refractivity contribution in [1.82, 2.24) is 5.32 Å². The third kappa shape index (κ3) is 5.25. The van der Waals surface area contributed by atoms with Crippen LogP contribution < -0.4 is 15.8 Å². The predicted molar refractivity (Wildman–Crippen MR) is 99.5 cm³/mol. The quantitative estimate of drug-likeness (QED) is 0.836. The third-order valence-electron chi connectivity index (χ3n) is 3.75. The van der Waals surface area contributed by atoms with E-state index >= 15 is 0 Å². The Hall–Kier alpha value is -2.04. The molecule has 0 saturated carbocycles. The van der Waals surface area contributed by atoms with E-state index in [1.54, 1.807) is 0 Å². The van der Waals surface area contributed by atoms with Gasteiger partial charge < -0.3 is 15.8 Å². The highest BCUT2D eigenvalue weighted by Crippen LogP contribution is 2.20. The van der Waals surface area contributed by atoms with Crippen LogP contribution >= 0.6 is 12.4 Å². The van der Waals surface area contributed by atoms with Crippen LogP contribution in [0.4, 0.5) is 0 Å². The van der Waals surface area contributed by atoms with E-state index in [-0.39, 0.29) is 24.4 Å². The van der Waals surface area contributed by atoms with Gasteiger partial charge in [0, 0.05) is 0 Å². The summed E-state index contributed by atoms with van der Waals surface area (Å²) in [6, 6.07) is 14.6. The molecule has 2 atom stereocenters. The average Bonchev–Trinajstić information content (AvgIpc) is 2.55.